The van der Waals surface area contributed by atoms with Crippen LogP contribution in [0.2, 0.25) is 0 Å². The standard InChI is InChI=1S/C24H25F2N5O2S/c1-4-15-12-16(25)13-17(26)19(15)21-20(24(32)33-5-2)18(14-31-9-7-30(3)8-10-31)28-22(29-21)23-27-6-11-34-23/h1,6,11-13,21H,5,7-10,14H2,2-3H3,(H,28,29)/t21-/m0/s1. The summed E-state index contributed by atoms with van der Waals surface area (Å²) in [5.74, 6) is 0.437. The molecule has 2 aliphatic heterocycles. The number of nitrogens with zero attached hydrogens (tertiary/aromatic N) is 4. The van der Waals surface area contributed by atoms with Crippen LogP contribution in [-0.2, 0) is 9.53 Å². The normalized spacial score (nSPS) is 19.4. The molecule has 3 heterocycles. The number of hydrogen-bond acceptors (Lipinski definition) is 8. The molecule has 1 fully saturated rings. The van der Waals surface area contributed by atoms with E-state index in [1.165, 1.54) is 11.3 Å². The van der Waals surface area contributed by atoms with E-state index in [4.69, 9.17) is 11.2 Å². The van der Waals surface area contributed by atoms with Crippen molar-refractivity contribution < 1.29 is 18.3 Å². The predicted molar refractivity (Wildman–Crippen MR) is 126 cm³/mol. The van der Waals surface area contributed by atoms with Crippen LogP contribution in [0.5, 0.6) is 0 Å². The van der Waals surface area contributed by atoms with E-state index >= 15 is 4.39 Å². The fraction of sp³-hybridized carbons (Fsp3) is 0.375. The minimum Gasteiger partial charge on any atom is -0.463 e. The summed E-state index contributed by atoms with van der Waals surface area (Å²) in [7, 11) is 2.06. The number of ether oxygens (including phenoxy) is 1. The van der Waals surface area contributed by atoms with Crippen molar-refractivity contribution in [2.75, 3.05) is 46.4 Å². The molecule has 0 bridgehead atoms. The largest absolute Gasteiger partial charge is 0.463 e. The van der Waals surface area contributed by atoms with Gasteiger partial charge in [-0.1, -0.05) is 5.92 Å². The Morgan fingerprint density at radius 1 is 1.32 bits per heavy atom. The first kappa shape index (κ1) is 24.0. The maximum absolute atomic E-state index is 15.2. The molecule has 1 aromatic heterocycles. The van der Waals surface area contributed by atoms with E-state index in [1.54, 1.807) is 18.5 Å². The number of esters is 1. The lowest BCUT2D eigenvalue weighted by Gasteiger charge is -2.35. The third-order valence-electron chi connectivity index (χ3n) is 5.76. The summed E-state index contributed by atoms with van der Waals surface area (Å²) in [6.07, 6.45) is 7.23. The monoisotopic (exact) mass is 485 g/mol. The van der Waals surface area contributed by atoms with Gasteiger partial charge in [0, 0.05) is 67.2 Å². The van der Waals surface area contributed by atoms with Crippen molar-refractivity contribution in [3.8, 4) is 12.3 Å². The minimum absolute atomic E-state index is 0.00705. The molecule has 0 saturated carbocycles. The Kier molecular flexibility index (Phi) is 7.36. The average molecular weight is 486 g/mol. The average Bonchev–Trinajstić information content (AvgIpc) is 3.35. The molecular weight excluding hydrogens is 460 g/mol. The number of piperazine rings is 1. The summed E-state index contributed by atoms with van der Waals surface area (Å²) in [6, 6.07) is 0.704. The van der Waals surface area contributed by atoms with Crippen molar-refractivity contribution >= 4 is 23.1 Å². The summed E-state index contributed by atoms with van der Waals surface area (Å²) in [5, 5.41) is 5.62. The quantitative estimate of drug-likeness (QED) is 0.501. The van der Waals surface area contributed by atoms with Gasteiger partial charge in [-0.05, 0) is 20.0 Å². The molecule has 1 N–H and O–H groups in total. The van der Waals surface area contributed by atoms with E-state index in [2.05, 4.69) is 38.1 Å². The molecule has 0 radical (unpaired) electrons. The number of thiazole rings is 1. The molecule has 2 aliphatic rings. The number of benzene rings is 1. The van der Waals surface area contributed by atoms with Crippen molar-refractivity contribution in [3.05, 3.63) is 62.7 Å². The predicted octanol–water partition coefficient (Wildman–Crippen LogP) is 2.56. The summed E-state index contributed by atoms with van der Waals surface area (Å²) < 4.78 is 34.5. The Bertz CT molecular complexity index is 1160. The first-order valence-corrected chi connectivity index (χ1v) is 11.8. The Morgan fingerprint density at radius 2 is 2.09 bits per heavy atom. The highest BCUT2D eigenvalue weighted by Crippen LogP contribution is 2.36. The van der Waals surface area contributed by atoms with E-state index in [-0.39, 0.29) is 23.3 Å². The maximum Gasteiger partial charge on any atom is 0.338 e. The lowest BCUT2D eigenvalue weighted by Crippen LogP contribution is -2.47. The van der Waals surface area contributed by atoms with Crippen molar-refractivity contribution in [3.63, 3.8) is 0 Å². The zero-order valence-electron chi connectivity index (χ0n) is 19.0. The number of aromatic nitrogens is 1. The van der Waals surface area contributed by atoms with Gasteiger partial charge in [0.15, 0.2) is 10.8 Å². The molecule has 178 valence electrons. The second-order valence-corrected chi connectivity index (χ2v) is 8.92. The van der Waals surface area contributed by atoms with Gasteiger partial charge in [0.1, 0.15) is 17.7 Å². The molecule has 4 rings (SSSR count). The van der Waals surface area contributed by atoms with Gasteiger partial charge < -0.3 is 15.0 Å². The molecule has 0 aliphatic carbocycles. The molecule has 0 unspecified atom stereocenters. The number of amidine groups is 1. The molecule has 0 amide bonds. The molecule has 1 atom stereocenters. The molecule has 10 heteroatoms. The van der Waals surface area contributed by atoms with Gasteiger partial charge >= 0.3 is 5.97 Å². The number of carbonyl (C=O) groups excluding carboxylic acids is 1. The molecule has 1 aromatic carbocycles. The van der Waals surface area contributed by atoms with E-state index in [0.717, 1.165) is 38.3 Å². The van der Waals surface area contributed by atoms with Crippen LogP contribution in [0.25, 0.3) is 0 Å². The summed E-state index contributed by atoms with van der Waals surface area (Å²) >= 11 is 1.35. The lowest BCUT2D eigenvalue weighted by molar-refractivity contribution is -0.139. The molecule has 0 spiro atoms. The summed E-state index contributed by atoms with van der Waals surface area (Å²) in [5.41, 5.74) is 0.647. The van der Waals surface area contributed by atoms with E-state index in [9.17, 15) is 9.18 Å². The Morgan fingerprint density at radius 3 is 2.74 bits per heavy atom. The van der Waals surface area contributed by atoms with Crippen LogP contribution in [-0.4, -0.2) is 73.0 Å². The molecule has 1 saturated heterocycles. The molecule has 7 nitrogen and oxygen atoms in total. The first-order chi connectivity index (χ1) is 16.4. The van der Waals surface area contributed by atoms with E-state index < -0.39 is 23.6 Å². The van der Waals surface area contributed by atoms with Gasteiger partial charge in [-0.15, -0.1) is 17.8 Å². The molecule has 2 aromatic rings. The SMILES string of the molecule is C#Cc1cc(F)cc(F)c1[C@@H]1N=C(c2nccs2)NC(CN2CCN(C)CC2)=C1C(=O)OCC. The number of halogens is 2. The van der Waals surface area contributed by atoms with Crippen LogP contribution in [0, 0.1) is 24.0 Å². The number of carbonyl (C=O) groups is 1. The fourth-order valence-corrected chi connectivity index (χ4v) is 4.63. The minimum atomic E-state index is -1.12. The highest BCUT2D eigenvalue weighted by molar-refractivity contribution is 7.11. The zero-order valence-corrected chi connectivity index (χ0v) is 19.8. The fourth-order valence-electron chi connectivity index (χ4n) is 4.04. The highest BCUT2D eigenvalue weighted by Gasteiger charge is 2.36. The van der Waals surface area contributed by atoms with Gasteiger partial charge in [0.25, 0.3) is 0 Å². The Labute approximate surface area is 201 Å². The van der Waals surface area contributed by atoms with Crippen molar-refractivity contribution in [2.24, 2.45) is 4.99 Å². The van der Waals surface area contributed by atoms with Gasteiger partial charge in [0.05, 0.1) is 12.2 Å². The number of rotatable bonds is 6. The first-order valence-electron chi connectivity index (χ1n) is 10.9. The Hall–Kier alpha value is -3.13. The molecular formula is C24H25F2N5O2S. The summed E-state index contributed by atoms with van der Waals surface area (Å²) in [6.45, 7) is 5.59. The van der Waals surface area contributed by atoms with E-state index in [1.807, 2.05) is 0 Å². The van der Waals surface area contributed by atoms with Crippen LogP contribution in [0.4, 0.5) is 8.78 Å². The van der Waals surface area contributed by atoms with Crippen LogP contribution in [0.3, 0.4) is 0 Å². The Balaban J connectivity index is 1.86. The van der Waals surface area contributed by atoms with E-state index in [0.29, 0.717) is 23.1 Å². The van der Waals surface area contributed by atoms with Crippen LogP contribution >= 0.6 is 11.3 Å². The molecule has 34 heavy (non-hydrogen) atoms. The second kappa shape index (κ2) is 10.4. The zero-order chi connectivity index (χ0) is 24.2. The highest BCUT2D eigenvalue weighted by atomic mass is 32.1. The third-order valence-corrected chi connectivity index (χ3v) is 6.54. The number of hydrogen-bond donors (Lipinski definition) is 1. The van der Waals surface area contributed by atoms with Crippen molar-refractivity contribution in [2.45, 2.75) is 13.0 Å². The second-order valence-electron chi connectivity index (χ2n) is 8.03. The van der Waals surface area contributed by atoms with Crippen LogP contribution in [0.15, 0.2) is 40.0 Å². The van der Waals surface area contributed by atoms with Gasteiger partial charge in [0.2, 0.25) is 0 Å². The number of nitrogens with one attached hydrogen (secondary N) is 1. The maximum atomic E-state index is 15.2. The van der Waals surface area contributed by atoms with Crippen molar-refractivity contribution in [1.82, 2.24) is 20.1 Å². The van der Waals surface area contributed by atoms with Crippen LogP contribution in [0.1, 0.15) is 29.1 Å². The number of terminal acetylenes is 1. The number of likely N-dealkylation sites (N-methyl/N-ethyl adjacent to an activating group) is 1. The smallest absolute Gasteiger partial charge is 0.338 e. The van der Waals surface area contributed by atoms with Gasteiger partial charge in [-0.3, -0.25) is 9.89 Å². The van der Waals surface area contributed by atoms with Crippen molar-refractivity contribution in [1.29, 1.82) is 0 Å². The summed E-state index contributed by atoms with van der Waals surface area (Å²) in [4.78, 5) is 26.6. The lowest BCUT2D eigenvalue weighted by atomic mass is 9.91. The third kappa shape index (κ3) is 5.01. The van der Waals surface area contributed by atoms with Gasteiger partial charge in [-0.2, -0.15) is 0 Å². The van der Waals surface area contributed by atoms with Crippen LogP contribution < -0.4 is 5.32 Å². The van der Waals surface area contributed by atoms with Gasteiger partial charge in [-0.25, -0.2) is 18.6 Å². The number of aliphatic imine (C=N–C) groups is 1. The topological polar surface area (TPSA) is 70.1 Å².